The summed E-state index contributed by atoms with van der Waals surface area (Å²) in [4.78, 5) is 33.5. The van der Waals surface area contributed by atoms with Crippen molar-refractivity contribution in [3.05, 3.63) is 0 Å². The molecule has 6 nitrogen and oxygen atoms in total. The van der Waals surface area contributed by atoms with Crippen LogP contribution in [0.5, 0.6) is 0 Å². The molecule has 0 fully saturated rings. The van der Waals surface area contributed by atoms with E-state index < -0.39 is 12.0 Å². The van der Waals surface area contributed by atoms with Gasteiger partial charge < -0.3 is 15.7 Å². The Kier molecular flexibility index (Phi) is 7.00. The Hall–Kier alpha value is -1.59. The number of hydrogen-bond acceptors (Lipinski definition) is 3. The first kappa shape index (κ1) is 16.4. The summed E-state index contributed by atoms with van der Waals surface area (Å²) in [5.41, 5.74) is 0. The van der Waals surface area contributed by atoms with Gasteiger partial charge in [-0.25, -0.2) is 0 Å². The summed E-state index contributed by atoms with van der Waals surface area (Å²) in [5, 5.41) is 13.8. The minimum atomic E-state index is -0.930. The van der Waals surface area contributed by atoms with Gasteiger partial charge in [0.25, 0.3) is 0 Å². The average Bonchev–Trinajstić information content (AvgIpc) is 2.13. The fraction of sp³-hybridized carbons (Fsp3) is 0.750. The van der Waals surface area contributed by atoms with Gasteiger partial charge in [0.15, 0.2) is 0 Å². The van der Waals surface area contributed by atoms with Crippen LogP contribution in [0.4, 0.5) is 0 Å². The van der Waals surface area contributed by atoms with Gasteiger partial charge in [-0.15, -0.1) is 0 Å². The number of carboxylic acids is 1. The molecule has 2 unspecified atom stereocenters. The predicted octanol–water partition coefficient (Wildman–Crippen LogP) is 0.517. The van der Waals surface area contributed by atoms with Crippen molar-refractivity contribution in [2.75, 3.05) is 0 Å². The number of rotatable bonds is 7. The first-order valence-electron chi connectivity index (χ1n) is 6.04. The molecule has 104 valence electrons. The molecule has 2 amide bonds. The van der Waals surface area contributed by atoms with Crippen molar-refractivity contribution in [3.8, 4) is 0 Å². The topological polar surface area (TPSA) is 95.5 Å². The van der Waals surface area contributed by atoms with E-state index in [0.29, 0.717) is 0 Å². The third-order valence-electron chi connectivity index (χ3n) is 2.26. The number of carboxylic acid groups (broad SMARTS) is 1. The zero-order chi connectivity index (χ0) is 14.3. The summed E-state index contributed by atoms with van der Waals surface area (Å²) in [5.74, 6) is -1.73. The van der Waals surface area contributed by atoms with Crippen LogP contribution in [-0.2, 0) is 14.4 Å². The lowest BCUT2D eigenvalue weighted by Crippen LogP contribution is -2.47. The van der Waals surface area contributed by atoms with Gasteiger partial charge in [0.1, 0.15) is 6.04 Å². The summed E-state index contributed by atoms with van der Waals surface area (Å²) < 4.78 is 0. The smallest absolute Gasteiger partial charge is 0.303 e. The van der Waals surface area contributed by atoms with Crippen LogP contribution in [0, 0.1) is 5.92 Å². The highest BCUT2D eigenvalue weighted by molar-refractivity contribution is 5.87. The fourth-order valence-corrected chi connectivity index (χ4v) is 1.46. The van der Waals surface area contributed by atoms with Gasteiger partial charge in [-0.3, -0.25) is 14.4 Å². The molecule has 0 aliphatic heterocycles. The van der Waals surface area contributed by atoms with Crippen molar-refractivity contribution < 1.29 is 19.5 Å². The van der Waals surface area contributed by atoms with Crippen LogP contribution in [0.2, 0.25) is 0 Å². The van der Waals surface area contributed by atoms with E-state index in [9.17, 15) is 14.4 Å². The molecule has 0 heterocycles. The molecule has 18 heavy (non-hydrogen) atoms. The lowest BCUT2D eigenvalue weighted by Gasteiger charge is -2.17. The lowest BCUT2D eigenvalue weighted by molar-refractivity contribution is -0.138. The second-order valence-corrected chi connectivity index (χ2v) is 4.86. The van der Waals surface area contributed by atoms with E-state index in [-0.39, 0.29) is 36.6 Å². The van der Waals surface area contributed by atoms with E-state index in [1.807, 2.05) is 13.8 Å². The normalized spacial score (nSPS) is 13.8. The van der Waals surface area contributed by atoms with Crippen LogP contribution in [0.1, 0.15) is 40.5 Å². The molecule has 0 aliphatic rings. The molecule has 2 atom stereocenters. The zero-order valence-electron chi connectivity index (χ0n) is 11.3. The van der Waals surface area contributed by atoms with E-state index in [4.69, 9.17) is 5.11 Å². The van der Waals surface area contributed by atoms with Crippen LogP contribution in [0.15, 0.2) is 0 Å². The van der Waals surface area contributed by atoms with Crippen molar-refractivity contribution in [3.63, 3.8) is 0 Å². The molecule has 0 bridgehead atoms. The van der Waals surface area contributed by atoms with Crippen molar-refractivity contribution in [2.24, 2.45) is 5.92 Å². The summed E-state index contributed by atoms with van der Waals surface area (Å²) in [6, 6.07) is -0.597. The van der Waals surface area contributed by atoms with Crippen molar-refractivity contribution in [1.29, 1.82) is 0 Å². The Morgan fingerprint density at radius 2 is 1.56 bits per heavy atom. The summed E-state index contributed by atoms with van der Waals surface area (Å²) in [6.07, 6.45) is 0.0472. The second kappa shape index (κ2) is 7.68. The van der Waals surface area contributed by atoms with E-state index in [2.05, 4.69) is 10.6 Å². The van der Waals surface area contributed by atoms with Crippen molar-refractivity contribution in [1.82, 2.24) is 10.6 Å². The van der Waals surface area contributed by atoms with Gasteiger partial charge in [-0.05, 0) is 26.7 Å². The second-order valence-electron chi connectivity index (χ2n) is 4.86. The van der Waals surface area contributed by atoms with Gasteiger partial charge in [-0.1, -0.05) is 6.92 Å². The molecule has 0 aromatic heterocycles. The third kappa shape index (κ3) is 7.65. The highest BCUT2D eigenvalue weighted by Crippen LogP contribution is 2.07. The lowest BCUT2D eigenvalue weighted by atomic mass is 10.0. The number of aliphatic carboxylic acids is 1. The number of carbonyl (C=O) groups excluding carboxylic acids is 2. The molecule has 0 rings (SSSR count). The predicted molar refractivity (Wildman–Crippen MR) is 66.9 cm³/mol. The first-order chi connectivity index (χ1) is 8.22. The van der Waals surface area contributed by atoms with Gasteiger partial charge in [0.05, 0.1) is 0 Å². The van der Waals surface area contributed by atoms with Crippen LogP contribution in [0.25, 0.3) is 0 Å². The SMILES string of the molecule is CC(CC(=O)O)CC(=O)NC(C)C(=O)NC(C)C. The quantitative estimate of drug-likeness (QED) is 0.620. The minimum Gasteiger partial charge on any atom is -0.481 e. The first-order valence-corrected chi connectivity index (χ1v) is 6.04. The Balaban J connectivity index is 4.07. The van der Waals surface area contributed by atoms with Crippen LogP contribution in [0.3, 0.4) is 0 Å². The van der Waals surface area contributed by atoms with Crippen molar-refractivity contribution >= 4 is 17.8 Å². The van der Waals surface area contributed by atoms with E-state index in [0.717, 1.165) is 0 Å². The van der Waals surface area contributed by atoms with Gasteiger partial charge in [-0.2, -0.15) is 0 Å². The summed E-state index contributed by atoms with van der Waals surface area (Å²) in [6.45, 7) is 6.95. The molecular weight excluding hydrogens is 236 g/mol. The molecule has 0 radical (unpaired) electrons. The molecule has 0 aromatic rings. The fourth-order valence-electron chi connectivity index (χ4n) is 1.46. The molecule has 0 saturated heterocycles. The highest BCUT2D eigenvalue weighted by atomic mass is 16.4. The molecular formula is C12H22N2O4. The van der Waals surface area contributed by atoms with Crippen LogP contribution >= 0.6 is 0 Å². The number of hydrogen-bond donors (Lipinski definition) is 3. The average molecular weight is 258 g/mol. The molecule has 6 heteroatoms. The molecule has 0 spiro atoms. The highest BCUT2D eigenvalue weighted by Gasteiger charge is 2.18. The van der Waals surface area contributed by atoms with Gasteiger partial charge in [0, 0.05) is 18.9 Å². The van der Waals surface area contributed by atoms with Crippen LogP contribution < -0.4 is 10.6 Å². The van der Waals surface area contributed by atoms with E-state index in [1.54, 1.807) is 13.8 Å². The molecule has 0 aliphatic carbocycles. The number of carbonyl (C=O) groups is 3. The largest absolute Gasteiger partial charge is 0.481 e. The maximum atomic E-state index is 11.6. The van der Waals surface area contributed by atoms with Gasteiger partial charge >= 0.3 is 5.97 Å². The minimum absolute atomic E-state index is 0.0165. The molecule has 0 aromatic carbocycles. The monoisotopic (exact) mass is 258 g/mol. The Bertz CT molecular complexity index is 315. The number of nitrogens with one attached hydrogen (secondary N) is 2. The molecule has 0 saturated carbocycles. The summed E-state index contributed by atoms with van der Waals surface area (Å²) in [7, 11) is 0. The van der Waals surface area contributed by atoms with E-state index >= 15 is 0 Å². The standard InChI is InChI=1S/C12H22N2O4/c1-7(2)13-12(18)9(4)14-10(15)5-8(3)6-11(16)17/h7-9H,5-6H2,1-4H3,(H,13,18)(H,14,15)(H,16,17). The van der Waals surface area contributed by atoms with E-state index in [1.165, 1.54) is 0 Å². The Morgan fingerprint density at radius 3 is 2.00 bits per heavy atom. The summed E-state index contributed by atoms with van der Waals surface area (Å²) >= 11 is 0. The Morgan fingerprint density at radius 1 is 1.00 bits per heavy atom. The van der Waals surface area contributed by atoms with Gasteiger partial charge in [0.2, 0.25) is 11.8 Å². The zero-order valence-corrected chi connectivity index (χ0v) is 11.3. The maximum Gasteiger partial charge on any atom is 0.303 e. The maximum absolute atomic E-state index is 11.6. The molecule has 3 N–H and O–H groups in total. The Labute approximate surface area is 107 Å². The third-order valence-corrected chi connectivity index (χ3v) is 2.26. The number of amides is 2. The van der Waals surface area contributed by atoms with Crippen molar-refractivity contribution in [2.45, 2.75) is 52.6 Å². The van der Waals surface area contributed by atoms with Crippen LogP contribution in [-0.4, -0.2) is 35.0 Å².